The first-order valence-electron chi connectivity index (χ1n) is 10.8. The van der Waals surface area contributed by atoms with E-state index in [-0.39, 0.29) is 10.5 Å². The van der Waals surface area contributed by atoms with Gasteiger partial charge >= 0.3 is 5.97 Å². The second kappa shape index (κ2) is 9.80. The van der Waals surface area contributed by atoms with E-state index < -0.39 is 16.0 Å². The van der Waals surface area contributed by atoms with Crippen molar-refractivity contribution in [2.75, 3.05) is 31.7 Å². The molecule has 2 aromatic carbocycles. The number of nitrogens with zero attached hydrogens (tertiary/aromatic N) is 3. The maximum atomic E-state index is 13.1. The van der Waals surface area contributed by atoms with Crippen LogP contribution in [0.3, 0.4) is 0 Å². The van der Waals surface area contributed by atoms with Crippen molar-refractivity contribution in [3.8, 4) is 5.69 Å². The van der Waals surface area contributed by atoms with E-state index in [0.29, 0.717) is 32.0 Å². The van der Waals surface area contributed by atoms with E-state index in [4.69, 9.17) is 9.84 Å². The maximum Gasteiger partial charge on any atom is 0.335 e. The zero-order valence-corrected chi connectivity index (χ0v) is 19.7. The first-order chi connectivity index (χ1) is 16.3. The molecule has 0 saturated carbocycles. The molecular formula is C24H26N4O5S. The van der Waals surface area contributed by atoms with Crippen molar-refractivity contribution < 1.29 is 23.1 Å². The second-order valence-electron chi connectivity index (χ2n) is 7.93. The Bertz CT molecular complexity index is 1340. The summed E-state index contributed by atoms with van der Waals surface area (Å²) in [4.78, 5) is 11.4. The van der Waals surface area contributed by atoms with Gasteiger partial charge in [0.15, 0.2) is 0 Å². The lowest BCUT2D eigenvalue weighted by Gasteiger charge is -2.26. The number of benzene rings is 2. The number of nitrogens with one attached hydrogen (secondary N) is 1. The van der Waals surface area contributed by atoms with E-state index in [1.807, 2.05) is 30.5 Å². The summed E-state index contributed by atoms with van der Waals surface area (Å²) in [6.45, 7) is 5.35. The number of aromatic carboxylic acids is 1. The predicted octanol–water partition coefficient (Wildman–Crippen LogP) is 3.26. The molecule has 178 valence electrons. The van der Waals surface area contributed by atoms with Crippen molar-refractivity contribution in [3.63, 3.8) is 0 Å². The molecular weight excluding hydrogens is 456 g/mol. The van der Waals surface area contributed by atoms with Crippen molar-refractivity contribution in [2.45, 2.75) is 18.7 Å². The summed E-state index contributed by atoms with van der Waals surface area (Å²) < 4.78 is 34.9. The zero-order chi connectivity index (χ0) is 24.3. The largest absolute Gasteiger partial charge is 0.478 e. The Morgan fingerprint density at radius 3 is 2.56 bits per heavy atom. The van der Waals surface area contributed by atoms with Crippen LogP contribution in [0.4, 0.5) is 5.69 Å². The molecule has 0 amide bonds. The molecule has 0 aliphatic carbocycles. The van der Waals surface area contributed by atoms with E-state index in [2.05, 4.69) is 10.5 Å². The van der Waals surface area contributed by atoms with Crippen molar-refractivity contribution in [2.24, 2.45) is 5.10 Å². The lowest BCUT2D eigenvalue weighted by molar-refractivity contribution is 0.0697. The third-order valence-corrected chi connectivity index (χ3v) is 7.56. The van der Waals surface area contributed by atoms with E-state index in [9.17, 15) is 13.2 Å². The predicted molar refractivity (Wildman–Crippen MR) is 129 cm³/mol. The van der Waals surface area contributed by atoms with Crippen LogP contribution in [0.25, 0.3) is 5.69 Å². The van der Waals surface area contributed by atoms with Gasteiger partial charge in [0.25, 0.3) is 0 Å². The number of hydrogen-bond donors (Lipinski definition) is 2. The van der Waals surface area contributed by atoms with Crippen molar-refractivity contribution >= 4 is 27.9 Å². The molecule has 1 aromatic heterocycles. The Balaban J connectivity index is 1.58. The van der Waals surface area contributed by atoms with Gasteiger partial charge in [0, 0.05) is 35.7 Å². The number of hydrogen-bond acceptors (Lipinski definition) is 6. The Kier molecular flexibility index (Phi) is 6.82. The minimum atomic E-state index is -3.60. The molecule has 1 aliphatic rings. The molecule has 0 atom stereocenters. The fourth-order valence-electron chi connectivity index (χ4n) is 3.93. The first kappa shape index (κ1) is 23.7. The van der Waals surface area contributed by atoms with E-state index in [0.717, 1.165) is 22.6 Å². The van der Waals surface area contributed by atoms with Gasteiger partial charge in [-0.05, 0) is 56.3 Å². The molecule has 2 heterocycles. The summed E-state index contributed by atoms with van der Waals surface area (Å²) in [6, 6.07) is 15.3. The van der Waals surface area contributed by atoms with Gasteiger partial charge in [0.2, 0.25) is 10.0 Å². The third kappa shape index (κ3) is 4.89. The van der Waals surface area contributed by atoms with Crippen molar-refractivity contribution in [1.82, 2.24) is 8.87 Å². The number of hydrazone groups is 1. The summed E-state index contributed by atoms with van der Waals surface area (Å²) in [5.41, 5.74) is 6.99. The number of carboxylic acids is 1. The van der Waals surface area contributed by atoms with Crippen LogP contribution in [-0.2, 0) is 14.8 Å². The number of carbonyl (C=O) groups is 1. The van der Waals surface area contributed by atoms with Crippen molar-refractivity contribution in [1.29, 1.82) is 0 Å². The molecule has 34 heavy (non-hydrogen) atoms. The summed E-state index contributed by atoms with van der Waals surface area (Å²) >= 11 is 0. The summed E-state index contributed by atoms with van der Waals surface area (Å²) in [6.07, 6.45) is 1.65. The minimum Gasteiger partial charge on any atom is -0.478 e. The molecule has 0 radical (unpaired) electrons. The molecule has 1 saturated heterocycles. The fourth-order valence-corrected chi connectivity index (χ4v) is 5.38. The molecule has 0 spiro atoms. The second-order valence-corrected chi connectivity index (χ2v) is 9.87. The molecule has 0 bridgehead atoms. The molecule has 10 heteroatoms. The van der Waals surface area contributed by atoms with Gasteiger partial charge < -0.3 is 14.4 Å². The zero-order valence-electron chi connectivity index (χ0n) is 18.9. The Hall–Kier alpha value is -3.47. The molecule has 0 unspecified atom stereocenters. The number of aryl methyl sites for hydroxylation is 1. The van der Waals surface area contributed by atoms with Gasteiger partial charge in [0.1, 0.15) is 0 Å². The Morgan fingerprint density at radius 1 is 1.09 bits per heavy atom. The van der Waals surface area contributed by atoms with Gasteiger partial charge in [-0.25, -0.2) is 13.2 Å². The number of carboxylic acid groups (broad SMARTS) is 1. The van der Waals surface area contributed by atoms with Crippen LogP contribution in [0.1, 0.15) is 27.3 Å². The number of morpholine rings is 1. The number of ether oxygens (including phenoxy) is 1. The lowest BCUT2D eigenvalue weighted by Crippen LogP contribution is -2.40. The van der Waals surface area contributed by atoms with Crippen molar-refractivity contribution in [3.05, 3.63) is 77.1 Å². The van der Waals surface area contributed by atoms with Crippen LogP contribution < -0.4 is 5.43 Å². The standard InChI is InChI=1S/C24H26N4O5S/c1-17-13-20(16-25-26-21-6-3-5-19(14-21)24(29)30)18(2)28(17)22-7-4-8-23(15-22)34(31,32)27-9-11-33-12-10-27/h3-8,13-16,26H,9-12H2,1-2H3,(H,29,30)/b25-16+. The SMILES string of the molecule is Cc1cc(/C=N/Nc2cccc(C(=O)O)c2)c(C)n1-c1cccc(S(=O)(=O)N2CCOCC2)c1. The summed E-state index contributed by atoms with van der Waals surface area (Å²) in [5, 5.41) is 13.4. The van der Waals surface area contributed by atoms with Gasteiger partial charge in [-0.3, -0.25) is 5.43 Å². The topological polar surface area (TPSA) is 113 Å². The van der Waals surface area contributed by atoms with Gasteiger partial charge in [-0.2, -0.15) is 9.41 Å². The molecule has 9 nitrogen and oxygen atoms in total. The van der Waals surface area contributed by atoms with Crippen LogP contribution in [0.2, 0.25) is 0 Å². The van der Waals surface area contributed by atoms with Crippen LogP contribution in [0, 0.1) is 13.8 Å². The van der Waals surface area contributed by atoms with Crippen LogP contribution in [-0.4, -0.2) is 60.9 Å². The first-order valence-corrected chi connectivity index (χ1v) is 12.2. The number of aromatic nitrogens is 1. The number of anilines is 1. The van der Waals surface area contributed by atoms with Crippen LogP contribution in [0.15, 0.2) is 64.6 Å². The van der Waals surface area contributed by atoms with Gasteiger partial charge in [0.05, 0.1) is 35.6 Å². The van der Waals surface area contributed by atoms with Crippen LogP contribution >= 0.6 is 0 Å². The Labute approximate surface area is 198 Å². The highest BCUT2D eigenvalue weighted by atomic mass is 32.2. The molecule has 1 fully saturated rings. The normalized spacial score (nSPS) is 15.0. The number of rotatable bonds is 7. The highest BCUT2D eigenvalue weighted by Crippen LogP contribution is 2.24. The van der Waals surface area contributed by atoms with Crippen LogP contribution in [0.5, 0.6) is 0 Å². The molecule has 3 aromatic rings. The maximum absolute atomic E-state index is 13.1. The lowest BCUT2D eigenvalue weighted by atomic mass is 10.2. The smallest absolute Gasteiger partial charge is 0.335 e. The van der Waals surface area contributed by atoms with E-state index >= 15 is 0 Å². The fraction of sp³-hybridized carbons (Fsp3) is 0.250. The highest BCUT2D eigenvalue weighted by Gasteiger charge is 2.26. The summed E-state index contributed by atoms with van der Waals surface area (Å²) in [7, 11) is -3.60. The third-order valence-electron chi connectivity index (χ3n) is 5.66. The van der Waals surface area contributed by atoms with Gasteiger partial charge in [-0.1, -0.05) is 12.1 Å². The average Bonchev–Trinajstić information content (AvgIpc) is 3.12. The molecule has 4 rings (SSSR count). The molecule has 1 aliphatic heterocycles. The molecule has 2 N–H and O–H groups in total. The van der Waals surface area contributed by atoms with Gasteiger partial charge in [-0.15, -0.1) is 0 Å². The average molecular weight is 483 g/mol. The number of sulfonamides is 1. The summed E-state index contributed by atoms with van der Waals surface area (Å²) in [5.74, 6) is -1.01. The van der Waals surface area contributed by atoms with E-state index in [1.54, 1.807) is 36.5 Å². The quantitative estimate of drug-likeness (QED) is 0.395. The highest BCUT2D eigenvalue weighted by molar-refractivity contribution is 7.89. The monoisotopic (exact) mass is 482 g/mol. The minimum absolute atomic E-state index is 0.172. The Morgan fingerprint density at radius 2 is 1.82 bits per heavy atom. The van der Waals surface area contributed by atoms with E-state index in [1.165, 1.54) is 16.4 Å².